The summed E-state index contributed by atoms with van der Waals surface area (Å²) in [5.41, 5.74) is 6.26. The molecule has 3 heteroatoms. The smallest absolute Gasteiger partial charge is 0.154 e. The van der Waals surface area contributed by atoms with Crippen LogP contribution >= 0.6 is 0 Å². The molecule has 1 atom stereocenters. The van der Waals surface area contributed by atoms with Crippen molar-refractivity contribution in [1.29, 1.82) is 0 Å². The normalized spacial score (nSPS) is 13.8. The summed E-state index contributed by atoms with van der Waals surface area (Å²) in [6.07, 6.45) is 0.133. The van der Waals surface area contributed by atoms with E-state index in [1.54, 1.807) is 0 Å². The van der Waals surface area contributed by atoms with Gasteiger partial charge < -0.3 is 15.9 Å². The maximum Gasteiger partial charge on any atom is 0.154 e. The molecule has 0 aromatic rings. The zero-order valence-electron chi connectivity index (χ0n) is 8.53. The van der Waals surface area contributed by atoms with Crippen LogP contribution in [0.15, 0.2) is 12.2 Å². The summed E-state index contributed by atoms with van der Waals surface area (Å²) < 4.78 is 0. The molecular weight excluding hydrogens is 166 g/mol. The quantitative estimate of drug-likeness (QED) is 0.427. The summed E-state index contributed by atoms with van der Waals surface area (Å²) in [5, 5.41) is 18.2. The molecule has 0 aliphatic carbocycles. The van der Waals surface area contributed by atoms with Crippen LogP contribution < -0.4 is 5.73 Å². The summed E-state index contributed by atoms with van der Waals surface area (Å²) in [6.45, 7) is 8.29. The SMILES string of the molecule is C=C(CN)C[C@H](CC(C)C)C(O)O. The van der Waals surface area contributed by atoms with Crippen LogP contribution in [0.1, 0.15) is 26.7 Å². The van der Waals surface area contributed by atoms with E-state index < -0.39 is 6.29 Å². The zero-order chi connectivity index (χ0) is 10.4. The first-order valence-electron chi connectivity index (χ1n) is 4.70. The molecule has 0 rings (SSSR count). The summed E-state index contributed by atoms with van der Waals surface area (Å²) in [5.74, 6) is 0.327. The molecule has 0 aliphatic heterocycles. The third-order valence-corrected chi connectivity index (χ3v) is 2.04. The van der Waals surface area contributed by atoms with Gasteiger partial charge in [-0.1, -0.05) is 26.0 Å². The minimum atomic E-state index is -1.26. The third kappa shape index (κ3) is 5.80. The van der Waals surface area contributed by atoms with E-state index in [1.807, 2.05) is 0 Å². The van der Waals surface area contributed by atoms with Crippen LogP contribution in [0.25, 0.3) is 0 Å². The van der Waals surface area contributed by atoms with Gasteiger partial charge in [0.2, 0.25) is 0 Å². The van der Waals surface area contributed by atoms with Gasteiger partial charge in [0.1, 0.15) is 0 Å². The van der Waals surface area contributed by atoms with Crippen molar-refractivity contribution in [3.63, 3.8) is 0 Å². The minimum absolute atomic E-state index is 0.129. The van der Waals surface area contributed by atoms with Crippen LogP contribution in [0.4, 0.5) is 0 Å². The molecule has 0 saturated heterocycles. The van der Waals surface area contributed by atoms with Crippen LogP contribution in [0, 0.1) is 11.8 Å². The molecule has 0 amide bonds. The molecule has 0 heterocycles. The van der Waals surface area contributed by atoms with Gasteiger partial charge in [-0.2, -0.15) is 0 Å². The predicted octanol–water partition coefficient (Wildman–Crippen LogP) is 0.864. The van der Waals surface area contributed by atoms with E-state index in [0.29, 0.717) is 18.9 Å². The number of hydrogen-bond donors (Lipinski definition) is 3. The molecule has 0 fully saturated rings. The minimum Gasteiger partial charge on any atom is -0.368 e. The first-order chi connectivity index (χ1) is 5.97. The first-order valence-corrected chi connectivity index (χ1v) is 4.70. The monoisotopic (exact) mass is 187 g/mol. The largest absolute Gasteiger partial charge is 0.368 e. The van der Waals surface area contributed by atoms with Gasteiger partial charge in [0, 0.05) is 12.5 Å². The average Bonchev–Trinajstić information content (AvgIpc) is 2.02. The fraction of sp³-hybridized carbons (Fsp3) is 0.800. The van der Waals surface area contributed by atoms with E-state index >= 15 is 0 Å². The molecule has 0 bridgehead atoms. The second-order valence-electron chi connectivity index (χ2n) is 3.96. The number of rotatable bonds is 6. The molecule has 0 aromatic heterocycles. The maximum atomic E-state index is 9.08. The Morgan fingerprint density at radius 2 is 1.92 bits per heavy atom. The Bertz CT molecular complexity index is 155. The molecule has 4 N–H and O–H groups in total. The van der Waals surface area contributed by atoms with Gasteiger partial charge in [-0.3, -0.25) is 0 Å². The van der Waals surface area contributed by atoms with E-state index in [1.165, 1.54) is 0 Å². The molecule has 0 spiro atoms. The number of nitrogens with two attached hydrogens (primary N) is 1. The van der Waals surface area contributed by atoms with Crippen LogP contribution in [0.2, 0.25) is 0 Å². The van der Waals surface area contributed by atoms with Crippen LogP contribution in [0.5, 0.6) is 0 Å². The third-order valence-electron chi connectivity index (χ3n) is 2.04. The lowest BCUT2D eigenvalue weighted by molar-refractivity contribution is -0.0884. The molecule has 13 heavy (non-hydrogen) atoms. The van der Waals surface area contributed by atoms with Crippen LogP contribution in [-0.2, 0) is 0 Å². The van der Waals surface area contributed by atoms with Gasteiger partial charge in [0.05, 0.1) is 0 Å². The first kappa shape index (κ1) is 12.6. The van der Waals surface area contributed by atoms with Gasteiger partial charge in [-0.25, -0.2) is 0 Å². The van der Waals surface area contributed by atoms with E-state index in [2.05, 4.69) is 20.4 Å². The van der Waals surface area contributed by atoms with E-state index in [0.717, 1.165) is 12.0 Å². The lowest BCUT2D eigenvalue weighted by Crippen LogP contribution is -2.23. The predicted molar refractivity (Wildman–Crippen MR) is 54.0 cm³/mol. The van der Waals surface area contributed by atoms with E-state index in [4.69, 9.17) is 15.9 Å². The Balaban J connectivity index is 4.02. The molecule has 0 radical (unpaired) electrons. The highest BCUT2D eigenvalue weighted by atomic mass is 16.5. The fourth-order valence-corrected chi connectivity index (χ4v) is 1.37. The van der Waals surface area contributed by atoms with Crippen LogP contribution in [-0.4, -0.2) is 23.0 Å². The lowest BCUT2D eigenvalue weighted by atomic mass is 9.91. The second kappa shape index (κ2) is 6.13. The zero-order valence-corrected chi connectivity index (χ0v) is 8.53. The molecule has 0 aliphatic rings. The summed E-state index contributed by atoms with van der Waals surface area (Å²) in [7, 11) is 0. The average molecular weight is 187 g/mol. The summed E-state index contributed by atoms with van der Waals surface area (Å²) >= 11 is 0. The van der Waals surface area contributed by atoms with Gasteiger partial charge in [-0.15, -0.1) is 0 Å². The van der Waals surface area contributed by atoms with Crippen molar-refractivity contribution in [2.45, 2.75) is 33.0 Å². The molecule has 3 nitrogen and oxygen atoms in total. The molecule has 0 saturated carbocycles. The van der Waals surface area contributed by atoms with Crippen LogP contribution in [0.3, 0.4) is 0 Å². The van der Waals surface area contributed by atoms with Crippen molar-refractivity contribution in [1.82, 2.24) is 0 Å². The van der Waals surface area contributed by atoms with Crippen molar-refractivity contribution in [2.75, 3.05) is 6.54 Å². The van der Waals surface area contributed by atoms with Crippen molar-refractivity contribution < 1.29 is 10.2 Å². The molecule has 0 aromatic carbocycles. The van der Waals surface area contributed by atoms with E-state index in [9.17, 15) is 0 Å². The van der Waals surface area contributed by atoms with Crippen molar-refractivity contribution in [3.8, 4) is 0 Å². The summed E-state index contributed by atoms with van der Waals surface area (Å²) in [4.78, 5) is 0. The summed E-state index contributed by atoms with van der Waals surface area (Å²) in [6, 6.07) is 0. The molecular formula is C10H21NO2. The fourth-order valence-electron chi connectivity index (χ4n) is 1.37. The Labute approximate surface area is 80.3 Å². The topological polar surface area (TPSA) is 66.5 Å². The molecule has 0 unspecified atom stereocenters. The van der Waals surface area contributed by atoms with Crippen molar-refractivity contribution >= 4 is 0 Å². The Morgan fingerprint density at radius 1 is 1.38 bits per heavy atom. The maximum absolute atomic E-state index is 9.08. The second-order valence-corrected chi connectivity index (χ2v) is 3.96. The van der Waals surface area contributed by atoms with E-state index in [-0.39, 0.29) is 5.92 Å². The number of hydrogen-bond acceptors (Lipinski definition) is 3. The standard InChI is InChI=1S/C10H21NO2/c1-7(2)4-9(10(12)13)5-8(3)6-11/h7,9-10,12-13H,3-6,11H2,1-2H3/t9-/m0/s1. The highest BCUT2D eigenvalue weighted by Gasteiger charge is 2.18. The molecule has 78 valence electrons. The number of aliphatic hydroxyl groups excluding tert-OH is 1. The Kier molecular flexibility index (Phi) is 5.95. The van der Waals surface area contributed by atoms with Gasteiger partial charge >= 0.3 is 0 Å². The highest BCUT2D eigenvalue weighted by Crippen LogP contribution is 2.21. The highest BCUT2D eigenvalue weighted by molar-refractivity contribution is 4.97. The Morgan fingerprint density at radius 3 is 2.23 bits per heavy atom. The van der Waals surface area contributed by atoms with Gasteiger partial charge in [0.25, 0.3) is 0 Å². The van der Waals surface area contributed by atoms with Crippen molar-refractivity contribution in [2.24, 2.45) is 17.6 Å². The van der Waals surface area contributed by atoms with Gasteiger partial charge in [0.15, 0.2) is 6.29 Å². The lowest BCUT2D eigenvalue weighted by Gasteiger charge is -2.21. The van der Waals surface area contributed by atoms with Gasteiger partial charge in [-0.05, 0) is 18.8 Å². The van der Waals surface area contributed by atoms with Crippen molar-refractivity contribution in [3.05, 3.63) is 12.2 Å². The Hall–Kier alpha value is -0.380. The number of aliphatic hydroxyl groups is 2.